The van der Waals surface area contributed by atoms with Crippen molar-refractivity contribution < 1.29 is 0 Å². The zero-order valence-electron chi connectivity index (χ0n) is 10.6. The van der Waals surface area contributed by atoms with E-state index in [1.54, 1.807) is 6.20 Å². The second-order valence-electron chi connectivity index (χ2n) is 4.81. The van der Waals surface area contributed by atoms with E-state index < -0.39 is 0 Å². The summed E-state index contributed by atoms with van der Waals surface area (Å²) in [5.74, 6) is 0. The standard InChI is InChI=1S/C14H18N4/c1-17-8-10-18(11-9-17)13-4-2-12(3-5-13)14-6-7-15-16-14/h2-7H,8-11H2,1H3,(H,15,16). The molecule has 0 atom stereocenters. The first-order valence-corrected chi connectivity index (χ1v) is 6.36. The zero-order chi connectivity index (χ0) is 12.4. The second-order valence-corrected chi connectivity index (χ2v) is 4.81. The van der Waals surface area contributed by atoms with Crippen LogP contribution in [0.25, 0.3) is 11.3 Å². The molecule has 94 valence electrons. The van der Waals surface area contributed by atoms with Gasteiger partial charge in [-0.25, -0.2) is 0 Å². The molecule has 0 bridgehead atoms. The Kier molecular flexibility index (Phi) is 3.02. The molecule has 0 saturated carbocycles. The maximum Gasteiger partial charge on any atom is 0.0650 e. The molecule has 0 spiro atoms. The van der Waals surface area contributed by atoms with Crippen molar-refractivity contribution in [3.63, 3.8) is 0 Å². The molecule has 0 amide bonds. The van der Waals surface area contributed by atoms with Gasteiger partial charge >= 0.3 is 0 Å². The highest BCUT2D eigenvalue weighted by atomic mass is 15.2. The Labute approximate surface area is 107 Å². The van der Waals surface area contributed by atoms with Gasteiger partial charge in [0, 0.05) is 38.1 Å². The van der Waals surface area contributed by atoms with Crippen LogP contribution in [-0.2, 0) is 0 Å². The quantitative estimate of drug-likeness (QED) is 0.872. The first kappa shape index (κ1) is 11.3. The molecule has 2 aromatic rings. The van der Waals surface area contributed by atoms with Gasteiger partial charge in [-0.3, -0.25) is 5.10 Å². The number of hydrogen-bond donors (Lipinski definition) is 1. The Balaban J connectivity index is 1.75. The average Bonchev–Trinajstić information content (AvgIpc) is 2.94. The molecule has 0 unspecified atom stereocenters. The van der Waals surface area contributed by atoms with E-state index in [2.05, 4.69) is 51.3 Å². The number of rotatable bonds is 2. The number of likely N-dealkylation sites (N-methyl/N-ethyl adjacent to an activating group) is 1. The van der Waals surface area contributed by atoms with Gasteiger partial charge in [0.2, 0.25) is 0 Å². The van der Waals surface area contributed by atoms with Crippen molar-refractivity contribution in [1.29, 1.82) is 0 Å². The molecule has 3 rings (SSSR count). The first-order chi connectivity index (χ1) is 8.83. The van der Waals surface area contributed by atoms with Crippen molar-refractivity contribution in [2.45, 2.75) is 0 Å². The molecule has 1 saturated heterocycles. The average molecular weight is 242 g/mol. The van der Waals surface area contributed by atoms with Crippen LogP contribution in [0.15, 0.2) is 36.5 Å². The molecule has 0 aliphatic carbocycles. The van der Waals surface area contributed by atoms with E-state index in [0.29, 0.717) is 0 Å². The Morgan fingerprint density at radius 2 is 1.72 bits per heavy atom. The molecule has 1 aliphatic heterocycles. The van der Waals surface area contributed by atoms with Gasteiger partial charge in [0.25, 0.3) is 0 Å². The summed E-state index contributed by atoms with van der Waals surface area (Å²) < 4.78 is 0. The topological polar surface area (TPSA) is 35.2 Å². The molecule has 1 aromatic heterocycles. The Morgan fingerprint density at radius 1 is 1.00 bits per heavy atom. The van der Waals surface area contributed by atoms with Crippen LogP contribution in [-0.4, -0.2) is 48.3 Å². The maximum atomic E-state index is 3.98. The van der Waals surface area contributed by atoms with Crippen molar-refractivity contribution in [2.24, 2.45) is 0 Å². The van der Waals surface area contributed by atoms with E-state index in [-0.39, 0.29) is 0 Å². The molecule has 1 aromatic carbocycles. The molecule has 1 fully saturated rings. The van der Waals surface area contributed by atoms with Crippen LogP contribution in [0.5, 0.6) is 0 Å². The summed E-state index contributed by atoms with van der Waals surface area (Å²) in [6, 6.07) is 10.7. The highest BCUT2D eigenvalue weighted by Gasteiger charge is 2.13. The minimum absolute atomic E-state index is 1.07. The molecule has 2 heterocycles. The summed E-state index contributed by atoms with van der Waals surface area (Å²) in [7, 11) is 2.18. The summed E-state index contributed by atoms with van der Waals surface area (Å²) in [4.78, 5) is 4.81. The Hall–Kier alpha value is -1.81. The minimum Gasteiger partial charge on any atom is -0.369 e. The molecule has 18 heavy (non-hydrogen) atoms. The van der Waals surface area contributed by atoms with Crippen LogP contribution in [0.2, 0.25) is 0 Å². The van der Waals surface area contributed by atoms with Crippen molar-refractivity contribution in [3.05, 3.63) is 36.5 Å². The van der Waals surface area contributed by atoms with E-state index in [9.17, 15) is 0 Å². The molecule has 0 radical (unpaired) electrons. The van der Waals surface area contributed by atoms with E-state index in [1.165, 1.54) is 11.3 Å². The lowest BCUT2D eigenvalue weighted by atomic mass is 10.1. The molecule has 4 nitrogen and oxygen atoms in total. The first-order valence-electron chi connectivity index (χ1n) is 6.36. The Bertz CT molecular complexity index is 481. The number of aromatic nitrogens is 2. The predicted molar refractivity (Wildman–Crippen MR) is 73.7 cm³/mol. The third-order valence-corrected chi connectivity index (χ3v) is 3.55. The normalized spacial score (nSPS) is 17.1. The maximum absolute atomic E-state index is 3.98. The lowest BCUT2D eigenvalue weighted by molar-refractivity contribution is 0.313. The van der Waals surface area contributed by atoms with Crippen molar-refractivity contribution in [3.8, 4) is 11.3 Å². The van der Waals surface area contributed by atoms with E-state index >= 15 is 0 Å². The summed E-state index contributed by atoms with van der Waals surface area (Å²) in [5.41, 5.74) is 3.57. The molecule has 1 aliphatic rings. The van der Waals surface area contributed by atoms with Crippen molar-refractivity contribution >= 4 is 5.69 Å². The van der Waals surface area contributed by atoms with E-state index in [4.69, 9.17) is 0 Å². The third-order valence-electron chi connectivity index (χ3n) is 3.55. The number of nitrogens with one attached hydrogen (secondary N) is 1. The van der Waals surface area contributed by atoms with E-state index in [0.717, 1.165) is 31.9 Å². The van der Waals surface area contributed by atoms with Crippen molar-refractivity contribution in [2.75, 3.05) is 38.1 Å². The van der Waals surface area contributed by atoms with Gasteiger partial charge in [0.15, 0.2) is 0 Å². The summed E-state index contributed by atoms with van der Waals surface area (Å²) in [6.07, 6.45) is 1.78. The van der Waals surface area contributed by atoms with Crippen LogP contribution >= 0.6 is 0 Å². The van der Waals surface area contributed by atoms with Gasteiger partial charge in [-0.15, -0.1) is 0 Å². The number of anilines is 1. The fourth-order valence-corrected chi connectivity index (χ4v) is 2.33. The predicted octanol–water partition coefficient (Wildman–Crippen LogP) is 1.83. The molecular weight excluding hydrogens is 224 g/mol. The van der Waals surface area contributed by atoms with Crippen LogP contribution in [0.3, 0.4) is 0 Å². The SMILES string of the molecule is CN1CCN(c2ccc(-c3ccn[nH]3)cc2)CC1. The summed E-state index contributed by atoms with van der Waals surface area (Å²) >= 11 is 0. The summed E-state index contributed by atoms with van der Waals surface area (Å²) in [5, 5.41) is 6.97. The summed E-state index contributed by atoms with van der Waals surface area (Å²) in [6.45, 7) is 4.50. The van der Waals surface area contributed by atoms with Crippen LogP contribution < -0.4 is 4.90 Å². The van der Waals surface area contributed by atoms with Gasteiger partial charge in [-0.1, -0.05) is 12.1 Å². The highest BCUT2D eigenvalue weighted by Crippen LogP contribution is 2.22. The monoisotopic (exact) mass is 242 g/mol. The van der Waals surface area contributed by atoms with Gasteiger partial charge in [0.1, 0.15) is 0 Å². The van der Waals surface area contributed by atoms with Gasteiger partial charge < -0.3 is 9.80 Å². The minimum atomic E-state index is 1.07. The fraction of sp³-hybridized carbons (Fsp3) is 0.357. The van der Waals surface area contributed by atoms with Gasteiger partial charge in [-0.05, 0) is 30.8 Å². The fourth-order valence-electron chi connectivity index (χ4n) is 2.33. The molecule has 1 N–H and O–H groups in total. The number of aromatic amines is 1. The number of nitrogens with zero attached hydrogens (tertiary/aromatic N) is 3. The smallest absolute Gasteiger partial charge is 0.0650 e. The van der Waals surface area contributed by atoms with E-state index in [1.807, 2.05) is 6.07 Å². The van der Waals surface area contributed by atoms with Crippen LogP contribution in [0.1, 0.15) is 0 Å². The van der Waals surface area contributed by atoms with Gasteiger partial charge in [-0.2, -0.15) is 5.10 Å². The largest absolute Gasteiger partial charge is 0.369 e. The highest BCUT2D eigenvalue weighted by molar-refractivity contribution is 5.62. The zero-order valence-corrected chi connectivity index (χ0v) is 10.6. The lowest BCUT2D eigenvalue weighted by Gasteiger charge is -2.34. The Morgan fingerprint density at radius 3 is 2.33 bits per heavy atom. The van der Waals surface area contributed by atoms with Crippen LogP contribution in [0.4, 0.5) is 5.69 Å². The number of H-pyrrole nitrogens is 1. The van der Waals surface area contributed by atoms with Crippen LogP contribution in [0, 0.1) is 0 Å². The van der Waals surface area contributed by atoms with Gasteiger partial charge in [0.05, 0.1) is 5.69 Å². The lowest BCUT2D eigenvalue weighted by Crippen LogP contribution is -2.44. The number of piperazine rings is 1. The molecular formula is C14H18N4. The van der Waals surface area contributed by atoms with Crippen molar-refractivity contribution in [1.82, 2.24) is 15.1 Å². The number of benzene rings is 1. The second kappa shape index (κ2) is 4.82. The number of hydrogen-bond acceptors (Lipinski definition) is 3. The third kappa shape index (κ3) is 2.24. The molecule has 4 heteroatoms.